The first-order valence-corrected chi connectivity index (χ1v) is 6.09. The van der Waals surface area contributed by atoms with E-state index in [2.05, 4.69) is 10.3 Å². The summed E-state index contributed by atoms with van der Waals surface area (Å²) >= 11 is 0. The van der Waals surface area contributed by atoms with Gasteiger partial charge in [0.1, 0.15) is 0 Å². The molecule has 1 aliphatic carbocycles. The van der Waals surface area contributed by atoms with Crippen LogP contribution in [0, 0.1) is 6.92 Å². The first-order valence-electron chi connectivity index (χ1n) is 6.09. The number of aromatic nitrogens is 1. The molecule has 0 saturated heterocycles. The highest BCUT2D eigenvalue weighted by molar-refractivity contribution is 5.81. The second kappa shape index (κ2) is 4.00. The molecule has 0 atom stereocenters. The van der Waals surface area contributed by atoms with E-state index in [-0.39, 0.29) is 5.56 Å². The van der Waals surface area contributed by atoms with E-state index in [0.29, 0.717) is 12.6 Å². The summed E-state index contributed by atoms with van der Waals surface area (Å²) in [6, 6.07) is 8.70. The molecule has 2 N–H and O–H groups in total. The molecule has 1 aromatic carbocycles. The van der Waals surface area contributed by atoms with Crippen molar-refractivity contribution < 1.29 is 0 Å². The van der Waals surface area contributed by atoms with Gasteiger partial charge >= 0.3 is 0 Å². The molecule has 17 heavy (non-hydrogen) atoms. The summed E-state index contributed by atoms with van der Waals surface area (Å²) in [6.45, 7) is 2.68. The van der Waals surface area contributed by atoms with E-state index in [9.17, 15) is 4.79 Å². The zero-order chi connectivity index (χ0) is 11.8. The second-order valence-corrected chi connectivity index (χ2v) is 4.82. The Hall–Kier alpha value is -1.61. The van der Waals surface area contributed by atoms with Crippen LogP contribution in [0.4, 0.5) is 0 Å². The van der Waals surface area contributed by atoms with Crippen LogP contribution in [0.2, 0.25) is 0 Å². The summed E-state index contributed by atoms with van der Waals surface area (Å²) in [4.78, 5) is 14.9. The monoisotopic (exact) mass is 228 g/mol. The molecule has 3 rings (SSSR count). The molecule has 1 saturated carbocycles. The Morgan fingerprint density at radius 2 is 2.24 bits per heavy atom. The number of rotatable bonds is 3. The van der Waals surface area contributed by atoms with Crippen molar-refractivity contribution in [1.82, 2.24) is 10.3 Å². The highest BCUT2D eigenvalue weighted by Crippen LogP contribution is 2.19. The minimum absolute atomic E-state index is 0.0277. The van der Waals surface area contributed by atoms with E-state index < -0.39 is 0 Å². The third-order valence-corrected chi connectivity index (χ3v) is 3.32. The van der Waals surface area contributed by atoms with Crippen LogP contribution in [0.15, 0.2) is 29.1 Å². The van der Waals surface area contributed by atoms with Crippen LogP contribution in [0.3, 0.4) is 0 Å². The van der Waals surface area contributed by atoms with Gasteiger partial charge in [-0.1, -0.05) is 18.2 Å². The molecule has 3 heteroatoms. The Morgan fingerprint density at radius 3 is 3.00 bits per heavy atom. The third kappa shape index (κ3) is 2.11. The van der Waals surface area contributed by atoms with Crippen LogP contribution < -0.4 is 10.9 Å². The highest BCUT2D eigenvalue weighted by atomic mass is 16.1. The molecular weight excluding hydrogens is 212 g/mol. The van der Waals surface area contributed by atoms with Gasteiger partial charge in [0, 0.05) is 18.2 Å². The summed E-state index contributed by atoms with van der Waals surface area (Å²) in [5.74, 6) is 0. The van der Waals surface area contributed by atoms with Gasteiger partial charge in [-0.2, -0.15) is 0 Å². The fourth-order valence-corrected chi connectivity index (χ4v) is 2.10. The topological polar surface area (TPSA) is 44.9 Å². The zero-order valence-electron chi connectivity index (χ0n) is 9.92. The average Bonchev–Trinajstić information content (AvgIpc) is 3.12. The number of nitrogens with one attached hydrogen (secondary N) is 2. The first-order chi connectivity index (χ1) is 8.24. The lowest BCUT2D eigenvalue weighted by atomic mass is 10.1. The third-order valence-electron chi connectivity index (χ3n) is 3.32. The maximum absolute atomic E-state index is 11.9. The van der Waals surface area contributed by atoms with Crippen molar-refractivity contribution in [2.24, 2.45) is 0 Å². The van der Waals surface area contributed by atoms with Gasteiger partial charge in [-0.15, -0.1) is 0 Å². The van der Waals surface area contributed by atoms with Crippen molar-refractivity contribution in [2.45, 2.75) is 32.4 Å². The van der Waals surface area contributed by atoms with Gasteiger partial charge in [0.2, 0.25) is 0 Å². The molecule has 0 amide bonds. The van der Waals surface area contributed by atoms with Crippen molar-refractivity contribution in [3.63, 3.8) is 0 Å². The average molecular weight is 228 g/mol. The fraction of sp³-hybridized carbons (Fsp3) is 0.357. The van der Waals surface area contributed by atoms with Crippen molar-refractivity contribution in [3.8, 4) is 0 Å². The summed E-state index contributed by atoms with van der Waals surface area (Å²) in [5.41, 5.74) is 2.92. The zero-order valence-corrected chi connectivity index (χ0v) is 9.92. The molecule has 1 aromatic heterocycles. The van der Waals surface area contributed by atoms with Crippen LogP contribution in [-0.4, -0.2) is 11.0 Å². The molecular formula is C14H16N2O. The molecule has 3 nitrogen and oxygen atoms in total. The Morgan fingerprint density at radius 1 is 1.41 bits per heavy atom. The standard InChI is InChI=1S/C14H16N2O/c1-9-3-2-4-10-7-11(8-15-12-5-6-12)14(17)16-13(9)10/h2-4,7,12,15H,5-6,8H2,1H3,(H,16,17). The maximum Gasteiger partial charge on any atom is 0.252 e. The van der Waals surface area contributed by atoms with E-state index in [1.165, 1.54) is 12.8 Å². The van der Waals surface area contributed by atoms with Gasteiger partial charge in [-0.3, -0.25) is 4.79 Å². The minimum Gasteiger partial charge on any atom is -0.321 e. The molecule has 88 valence electrons. The number of H-pyrrole nitrogens is 1. The number of hydrogen-bond donors (Lipinski definition) is 2. The van der Waals surface area contributed by atoms with Crippen molar-refractivity contribution in [2.75, 3.05) is 0 Å². The summed E-state index contributed by atoms with van der Waals surface area (Å²) in [7, 11) is 0. The molecule has 0 unspecified atom stereocenters. The van der Waals surface area contributed by atoms with E-state index in [4.69, 9.17) is 0 Å². The maximum atomic E-state index is 11.9. The van der Waals surface area contributed by atoms with Crippen molar-refractivity contribution >= 4 is 10.9 Å². The van der Waals surface area contributed by atoms with E-state index in [1.54, 1.807) is 0 Å². The quantitative estimate of drug-likeness (QED) is 0.845. The minimum atomic E-state index is 0.0277. The number of fused-ring (bicyclic) bond motifs is 1. The van der Waals surface area contributed by atoms with Crippen LogP contribution in [0.5, 0.6) is 0 Å². The number of para-hydroxylation sites is 1. The van der Waals surface area contributed by atoms with Crippen molar-refractivity contribution in [3.05, 3.63) is 45.7 Å². The van der Waals surface area contributed by atoms with Crippen LogP contribution in [0.25, 0.3) is 10.9 Å². The SMILES string of the molecule is Cc1cccc2cc(CNC3CC3)c(=O)[nH]c12. The van der Waals surface area contributed by atoms with Gasteiger partial charge in [0.05, 0.1) is 5.52 Å². The number of benzene rings is 1. The fourth-order valence-electron chi connectivity index (χ4n) is 2.10. The predicted molar refractivity (Wildman–Crippen MR) is 69.2 cm³/mol. The number of aryl methyl sites for hydroxylation is 1. The van der Waals surface area contributed by atoms with Gasteiger partial charge in [-0.25, -0.2) is 0 Å². The molecule has 1 heterocycles. The number of aromatic amines is 1. The molecule has 0 aliphatic heterocycles. The smallest absolute Gasteiger partial charge is 0.252 e. The normalized spacial score (nSPS) is 15.4. The molecule has 0 radical (unpaired) electrons. The van der Waals surface area contributed by atoms with Gasteiger partial charge < -0.3 is 10.3 Å². The van der Waals surface area contributed by atoms with Gasteiger partial charge in [0.25, 0.3) is 5.56 Å². The summed E-state index contributed by atoms with van der Waals surface area (Å²) in [6.07, 6.45) is 2.48. The van der Waals surface area contributed by atoms with Crippen LogP contribution in [0.1, 0.15) is 24.0 Å². The molecule has 1 aliphatic rings. The van der Waals surface area contributed by atoms with Crippen molar-refractivity contribution in [1.29, 1.82) is 0 Å². The Labute approximate surface area is 99.9 Å². The molecule has 2 aromatic rings. The molecule has 0 bridgehead atoms. The molecule has 0 spiro atoms. The lowest BCUT2D eigenvalue weighted by Gasteiger charge is -2.06. The Kier molecular flexibility index (Phi) is 2.48. The van der Waals surface area contributed by atoms with E-state index >= 15 is 0 Å². The summed E-state index contributed by atoms with van der Waals surface area (Å²) in [5, 5.41) is 4.48. The second-order valence-electron chi connectivity index (χ2n) is 4.82. The van der Waals surface area contributed by atoms with E-state index in [1.807, 2.05) is 31.2 Å². The lowest BCUT2D eigenvalue weighted by Crippen LogP contribution is -2.22. The largest absolute Gasteiger partial charge is 0.321 e. The lowest BCUT2D eigenvalue weighted by molar-refractivity contribution is 0.683. The van der Waals surface area contributed by atoms with Gasteiger partial charge in [-0.05, 0) is 36.8 Å². The van der Waals surface area contributed by atoms with Crippen LogP contribution >= 0.6 is 0 Å². The molecule has 1 fully saturated rings. The number of pyridine rings is 1. The van der Waals surface area contributed by atoms with E-state index in [0.717, 1.165) is 22.0 Å². The van der Waals surface area contributed by atoms with Crippen LogP contribution in [-0.2, 0) is 6.54 Å². The predicted octanol–water partition coefficient (Wildman–Crippen LogP) is 2.09. The van der Waals surface area contributed by atoms with Gasteiger partial charge in [0.15, 0.2) is 0 Å². The number of hydrogen-bond acceptors (Lipinski definition) is 2. The highest BCUT2D eigenvalue weighted by Gasteiger charge is 2.20. The Balaban J connectivity index is 2.01. The summed E-state index contributed by atoms with van der Waals surface area (Å²) < 4.78 is 0. The first kappa shape index (κ1) is 10.5. The Bertz CT molecular complexity index is 611.